The van der Waals surface area contributed by atoms with Gasteiger partial charge in [0.25, 0.3) is 0 Å². The maximum absolute atomic E-state index is 8.77. The maximum Gasteiger partial charge on any atom is 0.171 e. The molecule has 1 aromatic carbocycles. The normalized spacial score (nSPS) is 11.4. The molecule has 1 unspecified atom stereocenters. The van der Waals surface area contributed by atoms with E-state index in [1.807, 2.05) is 6.92 Å². The summed E-state index contributed by atoms with van der Waals surface area (Å²) in [5, 5.41) is 15.4. The van der Waals surface area contributed by atoms with E-state index in [1.165, 1.54) is 0 Å². The smallest absolute Gasteiger partial charge is 0.171 e. The molecular weight excluding hydrogens is 314 g/mol. The van der Waals surface area contributed by atoms with Gasteiger partial charge in [-0.3, -0.25) is 0 Å². The lowest BCUT2D eigenvalue weighted by Crippen LogP contribution is -2.38. The van der Waals surface area contributed by atoms with Crippen LogP contribution in [0.3, 0.4) is 0 Å². The van der Waals surface area contributed by atoms with Crippen LogP contribution < -0.4 is 10.6 Å². The van der Waals surface area contributed by atoms with Crippen LogP contribution in [-0.2, 0) is 4.74 Å². The highest BCUT2D eigenvalue weighted by Gasteiger charge is 2.06. The molecule has 0 aliphatic heterocycles. The number of anilines is 1. The lowest BCUT2D eigenvalue weighted by atomic mass is 10.2. The Morgan fingerprint density at radius 2 is 2.33 bits per heavy atom. The number of methoxy groups -OCH3 is 1. The van der Waals surface area contributed by atoms with E-state index in [1.54, 1.807) is 25.3 Å². The third-order valence-corrected chi connectivity index (χ3v) is 3.02. The molecule has 2 N–H and O–H groups in total. The van der Waals surface area contributed by atoms with Gasteiger partial charge in [-0.15, -0.1) is 0 Å². The van der Waals surface area contributed by atoms with E-state index in [0.29, 0.717) is 17.3 Å². The Kier molecular flexibility index (Phi) is 6.05. The fourth-order valence-electron chi connectivity index (χ4n) is 1.36. The average Bonchev–Trinajstić information content (AvgIpc) is 2.31. The van der Waals surface area contributed by atoms with Crippen LogP contribution in [0.2, 0.25) is 0 Å². The number of nitrogens with zero attached hydrogens (tertiary/aromatic N) is 1. The van der Waals surface area contributed by atoms with Crippen molar-refractivity contribution in [2.45, 2.75) is 13.0 Å². The minimum Gasteiger partial charge on any atom is -0.383 e. The van der Waals surface area contributed by atoms with Crippen molar-refractivity contribution in [2.75, 3.05) is 19.0 Å². The second-order valence-corrected chi connectivity index (χ2v) is 5.02. The van der Waals surface area contributed by atoms with Crippen LogP contribution in [0.15, 0.2) is 22.7 Å². The number of thiocarbonyl (C=S) groups is 1. The molecule has 0 aliphatic rings. The average molecular weight is 328 g/mol. The van der Waals surface area contributed by atoms with Gasteiger partial charge in [-0.1, -0.05) is 0 Å². The van der Waals surface area contributed by atoms with Crippen LogP contribution >= 0.6 is 28.1 Å². The van der Waals surface area contributed by atoms with Crippen molar-refractivity contribution in [1.29, 1.82) is 5.26 Å². The quantitative estimate of drug-likeness (QED) is 0.832. The number of nitrogens with one attached hydrogen (secondary N) is 2. The molecule has 1 rings (SSSR count). The molecule has 0 bridgehead atoms. The van der Waals surface area contributed by atoms with Gasteiger partial charge in [0.05, 0.1) is 23.9 Å². The van der Waals surface area contributed by atoms with E-state index in [-0.39, 0.29) is 6.04 Å². The summed E-state index contributed by atoms with van der Waals surface area (Å²) in [6, 6.07) is 7.48. The number of nitriles is 1. The van der Waals surface area contributed by atoms with Crippen molar-refractivity contribution in [3.05, 3.63) is 28.2 Å². The molecule has 6 heteroatoms. The summed E-state index contributed by atoms with van der Waals surface area (Å²) >= 11 is 8.57. The highest BCUT2D eigenvalue weighted by Crippen LogP contribution is 2.23. The molecule has 0 heterocycles. The lowest BCUT2D eigenvalue weighted by molar-refractivity contribution is 0.179. The van der Waals surface area contributed by atoms with E-state index >= 15 is 0 Å². The summed E-state index contributed by atoms with van der Waals surface area (Å²) in [6.45, 7) is 2.56. The Balaban J connectivity index is 2.62. The molecule has 0 saturated heterocycles. The predicted octanol–water partition coefficient (Wildman–Crippen LogP) is 2.64. The van der Waals surface area contributed by atoms with Crippen LogP contribution in [0.5, 0.6) is 0 Å². The van der Waals surface area contributed by atoms with Crippen LogP contribution in [0.4, 0.5) is 5.69 Å². The molecule has 0 radical (unpaired) electrons. The summed E-state index contributed by atoms with van der Waals surface area (Å²) in [6.07, 6.45) is 0. The predicted molar refractivity (Wildman–Crippen MR) is 79.6 cm³/mol. The van der Waals surface area contributed by atoms with Crippen molar-refractivity contribution < 1.29 is 4.74 Å². The first kappa shape index (κ1) is 14.9. The Morgan fingerprint density at radius 1 is 1.61 bits per heavy atom. The van der Waals surface area contributed by atoms with Crippen LogP contribution in [0, 0.1) is 11.3 Å². The SMILES string of the molecule is COCC(C)NC(=S)Nc1ccc(C#N)cc1Br. The number of hydrogen-bond acceptors (Lipinski definition) is 3. The zero-order chi connectivity index (χ0) is 13.5. The van der Waals surface area contributed by atoms with Crippen LogP contribution in [-0.4, -0.2) is 24.9 Å². The van der Waals surface area contributed by atoms with Gasteiger partial charge >= 0.3 is 0 Å². The second-order valence-electron chi connectivity index (χ2n) is 3.76. The number of rotatable bonds is 4. The Morgan fingerprint density at radius 3 is 2.89 bits per heavy atom. The standard InChI is InChI=1S/C12H14BrN3OS/c1-8(7-17-2)15-12(18)16-11-4-3-9(6-14)5-10(11)13/h3-5,8H,7H2,1-2H3,(H2,15,16,18). The number of benzene rings is 1. The van der Waals surface area contributed by atoms with Gasteiger partial charge in [0.15, 0.2) is 5.11 Å². The molecule has 1 atom stereocenters. The highest BCUT2D eigenvalue weighted by molar-refractivity contribution is 9.10. The zero-order valence-electron chi connectivity index (χ0n) is 10.2. The molecule has 0 fully saturated rings. The highest BCUT2D eigenvalue weighted by atomic mass is 79.9. The maximum atomic E-state index is 8.77. The number of hydrogen-bond donors (Lipinski definition) is 2. The summed E-state index contributed by atoms with van der Waals surface area (Å²) in [5.74, 6) is 0. The molecule has 18 heavy (non-hydrogen) atoms. The van der Waals surface area contributed by atoms with Crippen molar-refractivity contribution in [3.63, 3.8) is 0 Å². The van der Waals surface area contributed by atoms with Gasteiger partial charge in [0.1, 0.15) is 0 Å². The first-order chi connectivity index (χ1) is 8.56. The van der Waals surface area contributed by atoms with E-state index in [2.05, 4.69) is 32.6 Å². The third-order valence-electron chi connectivity index (χ3n) is 2.14. The van der Waals surface area contributed by atoms with Crippen LogP contribution in [0.1, 0.15) is 12.5 Å². The van der Waals surface area contributed by atoms with Gasteiger partial charge in [-0.05, 0) is 53.3 Å². The molecule has 4 nitrogen and oxygen atoms in total. The Bertz CT molecular complexity index is 473. The zero-order valence-corrected chi connectivity index (χ0v) is 12.6. The van der Waals surface area contributed by atoms with Crippen LogP contribution in [0.25, 0.3) is 0 Å². The fraction of sp³-hybridized carbons (Fsp3) is 0.333. The molecule has 0 saturated carbocycles. The molecule has 0 aromatic heterocycles. The summed E-state index contributed by atoms with van der Waals surface area (Å²) in [5.41, 5.74) is 1.41. The monoisotopic (exact) mass is 327 g/mol. The fourth-order valence-corrected chi connectivity index (χ4v) is 2.15. The minimum atomic E-state index is 0.132. The van der Waals surface area contributed by atoms with Gasteiger partial charge < -0.3 is 15.4 Å². The van der Waals surface area contributed by atoms with Crippen molar-refractivity contribution in [2.24, 2.45) is 0 Å². The molecule has 96 valence electrons. The summed E-state index contributed by atoms with van der Waals surface area (Å²) < 4.78 is 5.81. The third kappa shape index (κ3) is 4.61. The van der Waals surface area contributed by atoms with E-state index in [9.17, 15) is 0 Å². The summed E-state index contributed by atoms with van der Waals surface area (Å²) in [4.78, 5) is 0. The first-order valence-corrected chi connectivity index (χ1v) is 6.53. The lowest BCUT2D eigenvalue weighted by Gasteiger charge is -2.16. The molecular formula is C12H14BrN3OS. The van der Waals surface area contributed by atoms with Gasteiger partial charge in [0, 0.05) is 17.6 Å². The molecule has 0 aliphatic carbocycles. The molecule has 0 spiro atoms. The van der Waals surface area contributed by atoms with Gasteiger partial charge in [0.2, 0.25) is 0 Å². The van der Waals surface area contributed by atoms with E-state index < -0.39 is 0 Å². The Hall–Kier alpha value is -1.16. The van der Waals surface area contributed by atoms with E-state index in [4.69, 9.17) is 22.2 Å². The molecule has 0 amide bonds. The number of ether oxygens (including phenoxy) is 1. The van der Waals surface area contributed by atoms with Crippen molar-refractivity contribution in [3.8, 4) is 6.07 Å². The van der Waals surface area contributed by atoms with Gasteiger partial charge in [-0.25, -0.2) is 0 Å². The topological polar surface area (TPSA) is 57.1 Å². The van der Waals surface area contributed by atoms with E-state index in [0.717, 1.165) is 10.2 Å². The van der Waals surface area contributed by atoms with Crippen molar-refractivity contribution >= 4 is 38.9 Å². The second kappa shape index (κ2) is 7.31. The molecule has 1 aromatic rings. The largest absolute Gasteiger partial charge is 0.383 e. The first-order valence-electron chi connectivity index (χ1n) is 5.33. The number of halogens is 1. The van der Waals surface area contributed by atoms with Crippen molar-refractivity contribution in [1.82, 2.24) is 5.32 Å². The van der Waals surface area contributed by atoms with Gasteiger partial charge in [-0.2, -0.15) is 5.26 Å². The summed E-state index contributed by atoms with van der Waals surface area (Å²) in [7, 11) is 1.64. The Labute approximate surface area is 120 Å². The minimum absolute atomic E-state index is 0.132.